The van der Waals surface area contributed by atoms with Crippen LogP contribution in [0.25, 0.3) is 0 Å². The van der Waals surface area contributed by atoms with E-state index in [9.17, 15) is 5.11 Å². The normalized spacial score (nSPS) is 19.3. The minimum atomic E-state index is -1.98. The summed E-state index contributed by atoms with van der Waals surface area (Å²) in [4.78, 5) is 0. The lowest BCUT2D eigenvalue weighted by atomic mass is 10.0. The van der Waals surface area contributed by atoms with Gasteiger partial charge in [0.25, 0.3) is 0 Å². The molecule has 0 bridgehead atoms. The van der Waals surface area contributed by atoms with E-state index in [4.69, 9.17) is 0 Å². The molecule has 1 aliphatic rings. The Hall–Kier alpha value is -2.42. The Morgan fingerprint density at radius 1 is 0.769 bits per heavy atom. The molecule has 1 N–H and O–H groups in total. The van der Waals surface area contributed by atoms with Crippen LogP contribution in [-0.2, 0) is 0 Å². The Balaban J connectivity index is 1.74. The molecule has 0 aliphatic carbocycles. The Morgan fingerprint density at radius 3 is 1.81 bits per heavy atom. The number of hydrogen-bond donors (Lipinski definition) is 1. The van der Waals surface area contributed by atoms with Crippen LogP contribution in [0.1, 0.15) is 18.1 Å². The summed E-state index contributed by atoms with van der Waals surface area (Å²) in [6, 6.07) is 33.1. The lowest BCUT2D eigenvalue weighted by Gasteiger charge is -2.36. The minimum absolute atomic E-state index is 0.391. The van der Waals surface area contributed by atoms with Crippen molar-refractivity contribution in [3.05, 3.63) is 109 Å². The highest BCUT2D eigenvalue weighted by Gasteiger charge is 2.45. The fourth-order valence-electron chi connectivity index (χ4n) is 4.37. The van der Waals surface area contributed by atoms with Gasteiger partial charge in [0.05, 0.1) is 6.10 Å². The maximum absolute atomic E-state index is 10.9. The lowest BCUT2D eigenvalue weighted by molar-refractivity contribution is 0.168. The maximum atomic E-state index is 10.9. The summed E-state index contributed by atoms with van der Waals surface area (Å²) in [5.41, 5.74) is 1.40. The van der Waals surface area contributed by atoms with Crippen molar-refractivity contribution in [2.45, 2.75) is 24.1 Å². The summed E-state index contributed by atoms with van der Waals surface area (Å²) in [6.07, 6.45) is 5.05. The van der Waals surface area contributed by atoms with E-state index in [1.54, 1.807) is 0 Å². The van der Waals surface area contributed by atoms with Crippen molar-refractivity contribution in [1.82, 2.24) is 0 Å². The van der Waals surface area contributed by atoms with Crippen LogP contribution in [0.15, 0.2) is 103 Å². The molecule has 0 spiro atoms. The molecule has 1 nitrogen and oxygen atoms in total. The number of benzene rings is 3. The molecule has 0 saturated heterocycles. The van der Waals surface area contributed by atoms with Gasteiger partial charge in [-0.25, -0.2) is 0 Å². The van der Waals surface area contributed by atoms with Crippen molar-refractivity contribution in [2.24, 2.45) is 0 Å². The van der Waals surface area contributed by atoms with Gasteiger partial charge < -0.3 is 5.11 Å². The Morgan fingerprint density at radius 2 is 1.27 bits per heavy atom. The van der Waals surface area contributed by atoms with Gasteiger partial charge in [0.2, 0.25) is 0 Å². The predicted molar refractivity (Wildman–Crippen MR) is 112 cm³/mol. The zero-order valence-corrected chi connectivity index (χ0v) is 15.8. The molecular weight excluding hydrogens is 332 g/mol. The van der Waals surface area contributed by atoms with E-state index in [1.165, 1.54) is 10.4 Å². The number of aliphatic hydroxyl groups is 1. The molecule has 2 heteroatoms. The molecule has 0 radical (unpaired) electrons. The van der Waals surface area contributed by atoms with Crippen molar-refractivity contribution in [2.75, 3.05) is 0 Å². The monoisotopic (exact) mass is 356 g/mol. The second-order valence-electron chi connectivity index (χ2n) is 7.10. The van der Waals surface area contributed by atoms with Crippen LogP contribution >= 0.6 is 0 Å². The molecular formula is C24H24OSi. The molecule has 4 rings (SSSR count). The first-order valence-electron chi connectivity index (χ1n) is 9.31. The highest BCUT2D eigenvalue weighted by Crippen LogP contribution is 2.40. The van der Waals surface area contributed by atoms with Crippen molar-refractivity contribution in [1.29, 1.82) is 0 Å². The zero-order valence-electron chi connectivity index (χ0n) is 14.8. The number of hydrogen-bond acceptors (Lipinski definition) is 1. The van der Waals surface area contributed by atoms with E-state index in [0.29, 0.717) is 5.54 Å². The molecule has 2 atom stereocenters. The van der Waals surface area contributed by atoms with Crippen molar-refractivity contribution >= 4 is 18.4 Å². The van der Waals surface area contributed by atoms with Gasteiger partial charge >= 0.3 is 0 Å². The quantitative estimate of drug-likeness (QED) is 0.533. The molecule has 1 heterocycles. The van der Waals surface area contributed by atoms with Gasteiger partial charge in [0.1, 0.15) is 8.07 Å². The summed E-state index contributed by atoms with van der Waals surface area (Å²) >= 11 is 0. The van der Waals surface area contributed by atoms with Crippen molar-refractivity contribution in [3.63, 3.8) is 0 Å². The maximum Gasteiger partial charge on any atom is 0.128 e. The third-order valence-electron chi connectivity index (χ3n) is 5.68. The summed E-state index contributed by atoms with van der Waals surface area (Å²) in [5, 5.41) is 13.8. The number of allylic oxidation sites excluding steroid dienone is 2. The Bertz CT molecular complexity index is 819. The highest BCUT2D eigenvalue weighted by atomic mass is 28.3. The van der Waals surface area contributed by atoms with Gasteiger partial charge in [-0.15, -0.1) is 0 Å². The molecule has 0 saturated carbocycles. The second-order valence-corrected chi connectivity index (χ2v) is 11.4. The van der Waals surface area contributed by atoms with Gasteiger partial charge in [-0.05, 0) is 23.6 Å². The van der Waals surface area contributed by atoms with Crippen LogP contribution < -0.4 is 10.4 Å². The molecule has 0 unspecified atom stereocenters. The fraction of sp³-hybridized carbons (Fsp3) is 0.167. The number of rotatable bonds is 5. The summed E-state index contributed by atoms with van der Waals surface area (Å²) < 4.78 is 0. The highest BCUT2D eigenvalue weighted by molar-refractivity contribution is 7.04. The Labute approximate surface area is 156 Å². The molecule has 3 aromatic carbocycles. The van der Waals surface area contributed by atoms with Crippen molar-refractivity contribution in [3.8, 4) is 0 Å². The van der Waals surface area contributed by atoms with Crippen LogP contribution in [0.3, 0.4) is 0 Å². The Kier molecular flexibility index (Phi) is 4.87. The third-order valence-corrected chi connectivity index (χ3v) is 11.0. The average molecular weight is 357 g/mol. The first-order chi connectivity index (χ1) is 12.8. The summed E-state index contributed by atoms with van der Waals surface area (Å²) in [5.74, 6) is 0. The van der Waals surface area contributed by atoms with Gasteiger partial charge in [-0.3, -0.25) is 0 Å². The fourth-order valence-corrected chi connectivity index (χ4v) is 9.50. The van der Waals surface area contributed by atoms with Gasteiger partial charge in [0, 0.05) is 0 Å². The van der Waals surface area contributed by atoms with Gasteiger partial charge in [-0.2, -0.15) is 0 Å². The van der Waals surface area contributed by atoms with E-state index in [2.05, 4.69) is 72.8 Å². The zero-order chi connectivity index (χ0) is 17.8. The molecule has 130 valence electrons. The molecule has 26 heavy (non-hydrogen) atoms. The summed E-state index contributed by atoms with van der Waals surface area (Å²) in [7, 11) is -1.98. The van der Waals surface area contributed by atoms with Crippen molar-refractivity contribution < 1.29 is 5.11 Å². The second kappa shape index (κ2) is 7.44. The molecule has 0 aromatic heterocycles. The van der Waals surface area contributed by atoms with E-state index in [0.717, 1.165) is 18.0 Å². The molecule has 0 fully saturated rings. The molecule has 1 aliphatic heterocycles. The van der Waals surface area contributed by atoms with Gasteiger partial charge in [0.15, 0.2) is 0 Å². The van der Waals surface area contributed by atoms with E-state index in [-0.39, 0.29) is 0 Å². The SMILES string of the molecule is O[C@H](C[C@@H]1C=CC[Si]1(c1ccccc1)c1ccccc1)c1ccccc1. The molecule has 3 aromatic rings. The first-order valence-corrected chi connectivity index (χ1v) is 11.6. The van der Waals surface area contributed by atoms with Crippen LogP contribution in [0.2, 0.25) is 11.6 Å². The predicted octanol–water partition coefficient (Wildman–Crippen LogP) is 4.31. The van der Waals surface area contributed by atoms with Crippen LogP contribution in [0, 0.1) is 0 Å². The summed E-state index contributed by atoms with van der Waals surface area (Å²) in [6.45, 7) is 0. The van der Waals surface area contributed by atoms with E-state index < -0.39 is 14.2 Å². The average Bonchev–Trinajstić information content (AvgIpc) is 3.14. The van der Waals surface area contributed by atoms with Crippen LogP contribution in [0.5, 0.6) is 0 Å². The standard InChI is InChI=1S/C24H24OSi/c25-24(20-11-4-1-5-12-20)19-23-17-10-18-26(23,21-13-6-2-7-14-21)22-15-8-3-9-16-22/h1-17,23-25H,18-19H2/t23-,24+/m0/s1. The largest absolute Gasteiger partial charge is 0.388 e. The topological polar surface area (TPSA) is 20.2 Å². The van der Waals surface area contributed by atoms with Gasteiger partial charge in [-0.1, -0.05) is 114 Å². The lowest BCUT2D eigenvalue weighted by Crippen LogP contribution is -2.59. The van der Waals surface area contributed by atoms with E-state index >= 15 is 0 Å². The first kappa shape index (κ1) is 17.0. The minimum Gasteiger partial charge on any atom is -0.388 e. The van der Waals surface area contributed by atoms with E-state index in [1.807, 2.05) is 30.3 Å². The van der Waals surface area contributed by atoms with Crippen LogP contribution in [-0.4, -0.2) is 13.2 Å². The molecule has 0 amide bonds. The smallest absolute Gasteiger partial charge is 0.128 e. The van der Waals surface area contributed by atoms with Crippen LogP contribution in [0.4, 0.5) is 0 Å². The number of aliphatic hydroxyl groups excluding tert-OH is 1. The third kappa shape index (κ3) is 3.07.